The van der Waals surface area contributed by atoms with Crippen LogP contribution in [-0.4, -0.2) is 33.5 Å². The number of rotatable bonds is 7. The summed E-state index contributed by atoms with van der Waals surface area (Å²) in [6.45, 7) is 1.98. The monoisotopic (exact) mass is 417 g/mol. The Morgan fingerprint density at radius 2 is 1.72 bits per heavy atom. The summed E-state index contributed by atoms with van der Waals surface area (Å²) in [6.07, 6.45) is 4.25. The molecular weight excluding hydrogens is 390 g/mol. The van der Waals surface area contributed by atoms with E-state index in [9.17, 15) is 5.11 Å². The van der Waals surface area contributed by atoms with Gasteiger partial charge in [-0.1, -0.05) is 49.1 Å². The summed E-state index contributed by atoms with van der Waals surface area (Å²) in [7, 11) is 0. The minimum absolute atomic E-state index is 0.129. The summed E-state index contributed by atoms with van der Waals surface area (Å²) in [6, 6.07) is 14.8. The standard InChI is InChI=1S/C20H25NOS.C2H2O4/c1-16(20(21)22)12-13-19-15-14-18(23-19)11-7-3-6-10-17-8-4-2-5-9-17;3-1(4)2(5)6/h2,4-5,8-9,14-16,20,22H,3,6,10,12-13,21H2,1H3;(H,3,4)(H,5,6)/t16-,20?;/m1./s1. The van der Waals surface area contributed by atoms with Crippen LogP contribution in [0.25, 0.3) is 0 Å². The highest BCUT2D eigenvalue weighted by atomic mass is 32.1. The van der Waals surface area contributed by atoms with Gasteiger partial charge >= 0.3 is 11.9 Å². The number of nitrogens with two attached hydrogens (primary N) is 1. The number of carboxylic acids is 2. The Morgan fingerprint density at radius 3 is 2.31 bits per heavy atom. The molecule has 2 atom stereocenters. The largest absolute Gasteiger partial charge is 0.473 e. The van der Waals surface area contributed by atoms with Crippen molar-refractivity contribution in [3.63, 3.8) is 0 Å². The summed E-state index contributed by atoms with van der Waals surface area (Å²) in [5.41, 5.74) is 6.86. The fourth-order valence-electron chi connectivity index (χ4n) is 2.30. The highest BCUT2D eigenvalue weighted by Gasteiger charge is 2.09. The van der Waals surface area contributed by atoms with E-state index < -0.39 is 18.2 Å². The van der Waals surface area contributed by atoms with Gasteiger partial charge in [0, 0.05) is 11.3 Å². The van der Waals surface area contributed by atoms with Crippen LogP contribution >= 0.6 is 11.3 Å². The zero-order valence-corrected chi connectivity index (χ0v) is 17.2. The molecule has 1 aromatic heterocycles. The minimum Gasteiger partial charge on any atom is -0.473 e. The number of hydrogen-bond donors (Lipinski definition) is 4. The van der Waals surface area contributed by atoms with Gasteiger partial charge in [-0.25, -0.2) is 9.59 Å². The van der Waals surface area contributed by atoms with Gasteiger partial charge in [0.15, 0.2) is 0 Å². The third-order valence-electron chi connectivity index (χ3n) is 4.10. The number of hydrogen-bond acceptors (Lipinski definition) is 5. The van der Waals surface area contributed by atoms with E-state index in [1.807, 2.05) is 13.0 Å². The Bertz CT molecular complexity index is 808. The van der Waals surface area contributed by atoms with Crippen molar-refractivity contribution >= 4 is 23.3 Å². The van der Waals surface area contributed by atoms with E-state index in [0.29, 0.717) is 0 Å². The first-order chi connectivity index (χ1) is 13.8. The SMILES string of the molecule is C[C@H](CCc1ccc(C#CCCCc2ccccc2)s1)C(N)O.O=C(O)C(=O)O. The normalized spacial score (nSPS) is 12.0. The van der Waals surface area contributed by atoms with Crippen LogP contribution in [0.2, 0.25) is 0 Å². The lowest BCUT2D eigenvalue weighted by Crippen LogP contribution is -2.27. The maximum Gasteiger partial charge on any atom is 0.414 e. The number of aliphatic carboxylic acids is 2. The van der Waals surface area contributed by atoms with E-state index in [4.69, 9.17) is 25.5 Å². The van der Waals surface area contributed by atoms with Gasteiger partial charge in [-0.05, 0) is 49.3 Å². The first-order valence-electron chi connectivity index (χ1n) is 9.31. The molecule has 2 rings (SSSR count). The highest BCUT2D eigenvalue weighted by Crippen LogP contribution is 2.19. The molecule has 0 saturated carbocycles. The van der Waals surface area contributed by atoms with Crippen LogP contribution in [0.5, 0.6) is 0 Å². The van der Waals surface area contributed by atoms with Gasteiger partial charge in [0.05, 0.1) is 4.88 Å². The molecule has 0 amide bonds. The Balaban J connectivity index is 0.000000612. The third kappa shape index (κ3) is 11.1. The second-order valence-corrected chi connectivity index (χ2v) is 7.69. The van der Waals surface area contributed by atoms with Crippen molar-refractivity contribution in [2.75, 3.05) is 0 Å². The maximum atomic E-state index is 9.31. The smallest absolute Gasteiger partial charge is 0.414 e. The molecule has 6 nitrogen and oxygen atoms in total. The van der Waals surface area contributed by atoms with Crippen molar-refractivity contribution in [2.45, 2.75) is 45.3 Å². The molecule has 0 aliphatic carbocycles. The molecule has 5 N–H and O–H groups in total. The predicted octanol–water partition coefficient (Wildman–Crippen LogP) is 3.12. The van der Waals surface area contributed by atoms with Crippen LogP contribution in [-0.2, 0) is 22.4 Å². The Kier molecular flexibility index (Phi) is 11.4. The minimum atomic E-state index is -1.82. The lowest BCUT2D eigenvalue weighted by Gasteiger charge is -2.12. The summed E-state index contributed by atoms with van der Waals surface area (Å²) in [5.74, 6) is 3.01. The number of aliphatic hydroxyl groups is 1. The molecule has 0 aliphatic rings. The second kappa shape index (κ2) is 13.5. The summed E-state index contributed by atoms with van der Waals surface area (Å²) in [5, 5.41) is 24.1. The second-order valence-electron chi connectivity index (χ2n) is 6.52. The molecule has 2 aromatic rings. The molecule has 0 bridgehead atoms. The molecule has 1 aromatic carbocycles. The molecule has 0 aliphatic heterocycles. The number of aliphatic hydroxyl groups excluding tert-OH is 1. The van der Waals surface area contributed by atoms with E-state index in [1.54, 1.807) is 11.3 Å². The van der Waals surface area contributed by atoms with Gasteiger partial charge in [0.2, 0.25) is 0 Å². The van der Waals surface area contributed by atoms with E-state index >= 15 is 0 Å². The molecule has 0 radical (unpaired) electrons. The topological polar surface area (TPSA) is 121 Å². The van der Waals surface area contributed by atoms with Crippen molar-refractivity contribution in [1.29, 1.82) is 0 Å². The van der Waals surface area contributed by atoms with Gasteiger partial charge < -0.3 is 21.1 Å². The summed E-state index contributed by atoms with van der Waals surface area (Å²) < 4.78 is 0. The van der Waals surface area contributed by atoms with Crippen molar-refractivity contribution in [3.8, 4) is 11.8 Å². The van der Waals surface area contributed by atoms with Gasteiger partial charge in [-0.3, -0.25) is 0 Å². The molecule has 29 heavy (non-hydrogen) atoms. The van der Waals surface area contributed by atoms with Crippen LogP contribution in [0.3, 0.4) is 0 Å². The fraction of sp³-hybridized carbons (Fsp3) is 0.364. The van der Waals surface area contributed by atoms with Gasteiger partial charge in [-0.15, -0.1) is 11.3 Å². The van der Waals surface area contributed by atoms with Crippen LogP contribution in [0.15, 0.2) is 42.5 Å². The molecule has 7 heteroatoms. The van der Waals surface area contributed by atoms with Gasteiger partial charge in [-0.2, -0.15) is 0 Å². The van der Waals surface area contributed by atoms with Crippen LogP contribution in [0.1, 0.15) is 41.5 Å². The molecule has 156 valence electrons. The number of aryl methyl sites for hydroxylation is 2. The number of carbonyl (C=O) groups is 2. The predicted molar refractivity (Wildman–Crippen MR) is 114 cm³/mol. The first kappa shape index (κ1) is 24.4. The van der Waals surface area contributed by atoms with E-state index in [2.05, 4.69) is 48.2 Å². The molecule has 0 spiro atoms. The Labute approximate surface area is 175 Å². The van der Waals surface area contributed by atoms with Gasteiger partial charge in [0.25, 0.3) is 0 Å². The molecule has 1 unspecified atom stereocenters. The number of thiophene rings is 1. The van der Waals surface area contributed by atoms with Crippen molar-refractivity contribution in [2.24, 2.45) is 11.7 Å². The first-order valence-corrected chi connectivity index (χ1v) is 10.1. The summed E-state index contributed by atoms with van der Waals surface area (Å²) in [4.78, 5) is 20.6. The quantitative estimate of drug-likeness (QED) is 0.238. The van der Waals surface area contributed by atoms with Crippen LogP contribution in [0.4, 0.5) is 0 Å². The van der Waals surface area contributed by atoms with Crippen molar-refractivity contribution in [1.82, 2.24) is 0 Å². The molecular formula is C22H27NO5S. The summed E-state index contributed by atoms with van der Waals surface area (Å²) >= 11 is 1.74. The third-order valence-corrected chi connectivity index (χ3v) is 5.16. The average Bonchev–Trinajstić information content (AvgIpc) is 3.14. The van der Waals surface area contributed by atoms with E-state index in [0.717, 1.165) is 37.0 Å². The molecule has 0 fully saturated rings. The average molecular weight is 418 g/mol. The van der Waals surface area contributed by atoms with Crippen LogP contribution < -0.4 is 5.73 Å². The Morgan fingerprint density at radius 1 is 1.07 bits per heavy atom. The van der Waals surface area contributed by atoms with Crippen LogP contribution in [0, 0.1) is 17.8 Å². The zero-order valence-electron chi connectivity index (χ0n) is 16.4. The lowest BCUT2D eigenvalue weighted by molar-refractivity contribution is -0.159. The number of unbranched alkanes of at least 4 members (excludes halogenated alkanes) is 1. The number of carboxylic acid groups (broad SMARTS) is 2. The highest BCUT2D eigenvalue weighted by molar-refractivity contribution is 7.12. The van der Waals surface area contributed by atoms with E-state index in [-0.39, 0.29) is 5.92 Å². The van der Waals surface area contributed by atoms with Crippen molar-refractivity contribution in [3.05, 3.63) is 57.8 Å². The maximum absolute atomic E-state index is 9.31. The lowest BCUT2D eigenvalue weighted by atomic mass is 10.0. The number of benzene rings is 1. The molecule has 1 heterocycles. The zero-order chi connectivity index (χ0) is 21.6. The van der Waals surface area contributed by atoms with Crippen molar-refractivity contribution < 1.29 is 24.9 Å². The van der Waals surface area contributed by atoms with Gasteiger partial charge in [0.1, 0.15) is 6.23 Å². The van der Waals surface area contributed by atoms with E-state index in [1.165, 1.54) is 10.4 Å². The Hall–Kier alpha value is -2.66. The molecule has 0 saturated heterocycles. The fourth-order valence-corrected chi connectivity index (χ4v) is 3.19.